The lowest BCUT2D eigenvalue weighted by Crippen LogP contribution is -2.56. The molecule has 8 atom stereocenters. The van der Waals surface area contributed by atoms with Crippen LogP contribution < -0.4 is 5.73 Å². The standard InChI is InChI=1S/C26H37NO6/c1-5-31-22(30)26(21(27)29)25(33-26)13-10-20-18-7-6-16-14-17(32-15(2)28)8-11-23(16,3)19(18)9-12-24(20,25)4/h6,17-20H,5,7-14H2,1-4H3,(H2,27,29)/t17-,18-,19+,20+,23-,24-,25+,26+/m0/s1. The minimum absolute atomic E-state index is 0.0115. The van der Waals surface area contributed by atoms with Crippen LogP contribution in [-0.4, -0.2) is 41.8 Å². The van der Waals surface area contributed by atoms with E-state index in [0.717, 1.165) is 44.9 Å². The number of epoxide rings is 1. The lowest BCUT2D eigenvalue weighted by molar-refractivity contribution is -0.153. The summed E-state index contributed by atoms with van der Waals surface area (Å²) >= 11 is 0. The van der Waals surface area contributed by atoms with Gasteiger partial charge in [-0.25, -0.2) is 4.79 Å². The van der Waals surface area contributed by atoms with Crippen LogP contribution in [0.4, 0.5) is 0 Å². The zero-order chi connectivity index (χ0) is 23.8. The fourth-order valence-corrected chi connectivity index (χ4v) is 8.73. The van der Waals surface area contributed by atoms with Crippen LogP contribution in [0.5, 0.6) is 0 Å². The van der Waals surface area contributed by atoms with Crippen LogP contribution >= 0.6 is 0 Å². The van der Waals surface area contributed by atoms with Crippen LogP contribution in [0.15, 0.2) is 11.6 Å². The predicted molar refractivity (Wildman–Crippen MR) is 120 cm³/mol. The third-order valence-corrected chi connectivity index (χ3v) is 10.3. The summed E-state index contributed by atoms with van der Waals surface area (Å²) in [6, 6.07) is 0. The number of fused-ring (bicyclic) bond motifs is 6. The number of hydrogen-bond donors (Lipinski definition) is 1. The number of amides is 1. The quantitative estimate of drug-likeness (QED) is 0.299. The number of rotatable bonds is 4. The van der Waals surface area contributed by atoms with Crippen LogP contribution in [0.3, 0.4) is 0 Å². The molecule has 3 saturated carbocycles. The van der Waals surface area contributed by atoms with Crippen LogP contribution in [-0.2, 0) is 28.6 Å². The number of ether oxygens (including phenoxy) is 3. The van der Waals surface area contributed by atoms with Crippen molar-refractivity contribution in [2.75, 3.05) is 6.61 Å². The zero-order valence-corrected chi connectivity index (χ0v) is 20.3. The number of carbonyl (C=O) groups is 3. The smallest absolute Gasteiger partial charge is 0.351 e. The van der Waals surface area contributed by atoms with E-state index in [4.69, 9.17) is 19.9 Å². The molecule has 0 bridgehead atoms. The Balaban J connectivity index is 1.43. The van der Waals surface area contributed by atoms with Gasteiger partial charge in [0.25, 0.3) is 11.5 Å². The summed E-state index contributed by atoms with van der Waals surface area (Å²) in [6.07, 6.45) is 9.68. The molecular formula is C26H37NO6. The topological polar surface area (TPSA) is 108 Å². The van der Waals surface area contributed by atoms with Crippen molar-refractivity contribution in [3.8, 4) is 0 Å². The lowest BCUT2D eigenvalue weighted by atomic mass is 9.47. The maximum absolute atomic E-state index is 12.9. The van der Waals surface area contributed by atoms with Gasteiger partial charge < -0.3 is 19.9 Å². The minimum Gasteiger partial charge on any atom is -0.463 e. The fraction of sp³-hybridized carbons (Fsp3) is 0.808. The van der Waals surface area contributed by atoms with Crippen molar-refractivity contribution in [2.24, 2.45) is 34.3 Å². The highest BCUT2D eigenvalue weighted by Gasteiger charge is 2.88. The number of primary amides is 1. The Morgan fingerprint density at radius 3 is 2.52 bits per heavy atom. The first kappa shape index (κ1) is 22.9. The van der Waals surface area contributed by atoms with E-state index < -0.39 is 23.1 Å². The monoisotopic (exact) mass is 459 g/mol. The molecule has 4 fully saturated rings. The van der Waals surface area contributed by atoms with E-state index in [1.807, 2.05) is 0 Å². The largest absolute Gasteiger partial charge is 0.463 e. The average molecular weight is 460 g/mol. The molecule has 5 rings (SSSR count). The summed E-state index contributed by atoms with van der Waals surface area (Å²) in [7, 11) is 0. The summed E-state index contributed by atoms with van der Waals surface area (Å²) in [5.74, 6) is -0.138. The Morgan fingerprint density at radius 2 is 1.85 bits per heavy atom. The van der Waals surface area contributed by atoms with Gasteiger partial charge in [-0.05, 0) is 75.0 Å². The Kier molecular flexibility index (Phi) is 5.06. The Hall–Kier alpha value is -1.89. The molecule has 1 aliphatic heterocycles. The Labute approximate surface area is 195 Å². The summed E-state index contributed by atoms with van der Waals surface area (Å²) in [5.41, 5.74) is 4.57. The van der Waals surface area contributed by atoms with E-state index in [0.29, 0.717) is 24.2 Å². The van der Waals surface area contributed by atoms with Crippen LogP contribution in [0.25, 0.3) is 0 Å². The van der Waals surface area contributed by atoms with Gasteiger partial charge in [-0.2, -0.15) is 0 Å². The predicted octanol–water partition coefficient (Wildman–Crippen LogP) is 3.44. The SMILES string of the molecule is CCOC(=O)[C@@]1(C(N)=O)O[C@@]12CC[C@@H]1[C@H]3CC=C4C[C@@H](OC(C)=O)CC[C@]4(C)[C@@H]3CC[C@@]12C. The van der Waals surface area contributed by atoms with Gasteiger partial charge in [-0.3, -0.25) is 9.59 Å². The molecule has 2 N–H and O–H groups in total. The van der Waals surface area contributed by atoms with Gasteiger partial charge in [0.1, 0.15) is 11.7 Å². The molecule has 5 aliphatic rings. The lowest BCUT2D eigenvalue weighted by Gasteiger charge is -2.57. The molecule has 1 heterocycles. The van der Waals surface area contributed by atoms with Gasteiger partial charge in [0, 0.05) is 18.8 Å². The van der Waals surface area contributed by atoms with E-state index in [1.54, 1.807) is 6.92 Å². The maximum Gasteiger partial charge on any atom is 0.351 e. The first-order valence-corrected chi connectivity index (χ1v) is 12.6. The molecule has 4 aliphatic carbocycles. The van der Waals surface area contributed by atoms with Gasteiger partial charge in [-0.1, -0.05) is 25.5 Å². The van der Waals surface area contributed by atoms with Crippen molar-refractivity contribution < 1.29 is 28.6 Å². The number of esters is 2. The molecule has 7 nitrogen and oxygen atoms in total. The second-order valence-corrected chi connectivity index (χ2v) is 11.4. The van der Waals surface area contributed by atoms with Gasteiger partial charge in [0.2, 0.25) is 0 Å². The minimum atomic E-state index is -1.64. The van der Waals surface area contributed by atoms with E-state index in [2.05, 4.69) is 19.9 Å². The van der Waals surface area contributed by atoms with Gasteiger partial charge in [0.15, 0.2) is 0 Å². The highest BCUT2D eigenvalue weighted by atomic mass is 16.7. The van der Waals surface area contributed by atoms with Crippen LogP contribution in [0.1, 0.15) is 79.1 Å². The Bertz CT molecular complexity index is 930. The van der Waals surface area contributed by atoms with Crippen molar-refractivity contribution in [2.45, 2.75) is 96.4 Å². The Morgan fingerprint density at radius 1 is 1.12 bits per heavy atom. The molecule has 0 aromatic heterocycles. The van der Waals surface area contributed by atoms with Crippen LogP contribution in [0, 0.1) is 28.6 Å². The first-order valence-electron chi connectivity index (χ1n) is 12.6. The van der Waals surface area contributed by atoms with E-state index >= 15 is 0 Å². The summed E-state index contributed by atoms with van der Waals surface area (Å²) in [4.78, 5) is 36.9. The molecule has 1 spiro atoms. The molecule has 182 valence electrons. The number of nitrogens with two attached hydrogens (primary N) is 1. The van der Waals surface area contributed by atoms with Crippen molar-refractivity contribution >= 4 is 17.8 Å². The van der Waals surface area contributed by atoms with Gasteiger partial charge in [0.05, 0.1) is 6.61 Å². The van der Waals surface area contributed by atoms with Gasteiger partial charge in [-0.15, -0.1) is 0 Å². The average Bonchev–Trinajstić information content (AvgIpc) is 3.36. The second-order valence-electron chi connectivity index (χ2n) is 11.4. The molecular weight excluding hydrogens is 422 g/mol. The highest BCUT2D eigenvalue weighted by Crippen LogP contribution is 2.75. The summed E-state index contributed by atoms with van der Waals surface area (Å²) in [5, 5.41) is 0. The molecule has 1 amide bonds. The van der Waals surface area contributed by atoms with Crippen molar-refractivity contribution in [3.63, 3.8) is 0 Å². The van der Waals surface area contributed by atoms with E-state index in [9.17, 15) is 14.4 Å². The number of allylic oxidation sites excluding steroid dienone is 1. The molecule has 0 unspecified atom stereocenters. The third-order valence-electron chi connectivity index (χ3n) is 10.3. The molecule has 0 aromatic rings. The zero-order valence-electron chi connectivity index (χ0n) is 20.3. The third kappa shape index (κ3) is 2.80. The highest BCUT2D eigenvalue weighted by molar-refractivity contribution is 6.10. The van der Waals surface area contributed by atoms with Gasteiger partial charge >= 0.3 is 11.9 Å². The fourth-order valence-electron chi connectivity index (χ4n) is 8.73. The molecule has 0 radical (unpaired) electrons. The molecule has 7 heteroatoms. The summed E-state index contributed by atoms with van der Waals surface area (Å²) < 4.78 is 17.0. The first-order chi connectivity index (χ1) is 15.6. The molecule has 33 heavy (non-hydrogen) atoms. The number of hydrogen-bond acceptors (Lipinski definition) is 6. The second kappa shape index (κ2) is 7.30. The molecule has 0 aromatic carbocycles. The van der Waals surface area contributed by atoms with Crippen molar-refractivity contribution in [1.29, 1.82) is 0 Å². The maximum atomic E-state index is 12.9. The normalized spacial score (nSPS) is 47.6. The van der Waals surface area contributed by atoms with Crippen molar-refractivity contribution in [1.82, 2.24) is 0 Å². The van der Waals surface area contributed by atoms with E-state index in [1.165, 1.54) is 12.5 Å². The summed E-state index contributed by atoms with van der Waals surface area (Å²) in [6.45, 7) is 8.02. The van der Waals surface area contributed by atoms with E-state index in [-0.39, 0.29) is 29.5 Å². The van der Waals surface area contributed by atoms with Crippen LogP contribution in [0.2, 0.25) is 0 Å². The van der Waals surface area contributed by atoms with Crippen molar-refractivity contribution in [3.05, 3.63) is 11.6 Å². The molecule has 1 saturated heterocycles. The number of carbonyl (C=O) groups excluding carboxylic acids is 3.